The lowest BCUT2D eigenvalue weighted by atomic mass is 10.2. The number of carbonyl (C=O) groups excluding carboxylic acids is 1. The third kappa shape index (κ3) is 3.59. The van der Waals surface area contributed by atoms with E-state index in [1.54, 1.807) is 0 Å². The van der Waals surface area contributed by atoms with Crippen LogP contribution in [0.4, 0.5) is 0 Å². The van der Waals surface area contributed by atoms with E-state index in [4.69, 9.17) is 10.5 Å². The quantitative estimate of drug-likeness (QED) is 0.773. The zero-order valence-corrected chi connectivity index (χ0v) is 13.6. The van der Waals surface area contributed by atoms with E-state index in [0.29, 0.717) is 25.4 Å². The highest BCUT2D eigenvalue weighted by molar-refractivity contribution is 7.89. The molecule has 7 heteroatoms. The number of benzene rings is 1. The van der Waals surface area contributed by atoms with Crippen molar-refractivity contribution in [2.45, 2.75) is 37.5 Å². The van der Waals surface area contributed by atoms with Gasteiger partial charge in [0.2, 0.25) is 10.0 Å². The number of amides is 1. The van der Waals surface area contributed by atoms with Gasteiger partial charge in [-0.1, -0.05) is 13.3 Å². The van der Waals surface area contributed by atoms with Crippen LogP contribution in [0.5, 0.6) is 5.75 Å². The summed E-state index contributed by atoms with van der Waals surface area (Å²) in [6.07, 6.45) is 3.54. The molecular weight excluding hydrogens is 304 g/mol. The summed E-state index contributed by atoms with van der Waals surface area (Å²) in [5.74, 6) is -0.355. The Labute approximate surface area is 131 Å². The van der Waals surface area contributed by atoms with Crippen molar-refractivity contribution in [3.8, 4) is 5.75 Å². The number of carbonyl (C=O) groups is 1. The first kappa shape index (κ1) is 16.8. The maximum Gasteiger partial charge on any atom is 0.252 e. The second kappa shape index (κ2) is 7.11. The van der Waals surface area contributed by atoms with Crippen molar-refractivity contribution in [1.29, 1.82) is 0 Å². The first-order chi connectivity index (χ1) is 10.5. The summed E-state index contributed by atoms with van der Waals surface area (Å²) in [6, 6.07) is 4.30. The van der Waals surface area contributed by atoms with Crippen molar-refractivity contribution in [2.75, 3.05) is 19.7 Å². The van der Waals surface area contributed by atoms with Gasteiger partial charge in [-0.15, -0.1) is 0 Å². The number of nitrogens with two attached hydrogens (primary N) is 1. The Morgan fingerprint density at radius 3 is 2.59 bits per heavy atom. The Hall–Kier alpha value is -1.60. The highest BCUT2D eigenvalue weighted by Gasteiger charge is 2.28. The second-order valence-electron chi connectivity index (χ2n) is 5.34. The Balaban J connectivity index is 2.30. The van der Waals surface area contributed by atoms with Gasteiger partial charge in [-0.25, -0.2) is 8.42 Å². The van der Waals surface area contributed by atoms with Crippen LogP contribution in [0, 0.1) is 0 Å². The maximum atomic E-state index is 12.5. The smallest absolute Gasteiger partial charge is 0.252 e. The van der Waals surface area contributed by atoms with Gasteiger partial charge in [0, 0.05) is 13.1 Å². The van der Waals surface area contributed by atoms with E-state index in [2.05, 4.69) is 0 Å². The average molecular weight is 326 g/mol. The van der Waals surface area contributed by atoms with E-state index in [9.17, 15) is 13.2 Å². The fraction of sp³-hybridized carbons (Fsp3) is 0.533. The van der Waals surface area contributed by atoms with Crippen LogP contribution in [0.3, 0.4) is 0 Å². The van der Waals surface area contributed by atoms with Crippen molar-refractivity contribution < 1.29 is 17.9 Å². The van der Waals surface area contributed by atoms with Gasteiger partial charge in [0.05, 0.1) is 17.1 Å². The number of primary amides is 1. The summed E-state index contributed by atoms with van der Waals surface area (Å²) < 4.78 is 32.0. The van der Waals surface area contributed by atoms with Crippen LogP contribution in [0.1, 0.15) is 43.0 Å². The molecule has 2 rings (SSSR count). The molecule has 1 fully saturated rings. The van der Waals surface area contributed by atoms with Gasteiger partial charge >= 0.3 is 0 Å². The molecule has 6 nitrogen and oxygen atoms in total. The topological polar surface area (TPSA) is 89.7 Å². The number of hydrogen-bond acceptors (Lipinski definition) is 4. The molecule has 0 atom stereocenters. The van der Waals surface area contributed by atoms with E-state index in [0.717, 1.165) is 25.7 Å². The lowest BCUT2D eigenvalue weighted by Crippen LogP contribution is -2.28. The summed E-state index contributed by atoms with van der Waals surface area (Å²) in [7, 11) is -3.57. The lowest BCUT2D eigenvalue weighted by Gasteiger charge is -2.17. The summed E-state index contributed by atoms with van der Waals surface area (Å²) in [4.78, 5) is 11.7. The summed E-state index contributed by atoms with van der Waals surface area (Å²) in [5.41, 5.74) is 5.46. The summed E-state index contributed by atoms with van der Waals surface area (Å²) in [5, 5.41) is 0. The molecule has 0 bridgehead atoms. The molecule has 122 valence electrons. The van der Waals surface area contributed by atoms with Gasteiger partial charge in [0.1, 0.15) is 5.75 Å². The average Bonchev–Trinajstić information content (AvgIpc) is 3.02. The molecule has 1 amide bonds. The Morgan fingerprint density at radius 1 is 1.32 bits per heavy atom. The predicted molar refractivity (Wildman–Crippen MR) is 83.4 cm³/mol. The van der Waals surface area contributed by atoms with Crippen molar-refractivity contribution in [1.82, 2.24) is 4.31 Å². The highest BCUT2D eigenvalue weighted by atomic mass is 32.2. The van der Waals surface area contributed by atoms with Crippen molar-refractivity contribution in [3.63, 3.8) is 0 Å². The molecule has 1 aromatic rings. The first-order valence-electron chi connectivity index (χ1n) is 7.53. The second-order valence-corrected chi connectivity index (χ2v) is 7.27. The molecule has 1 aromatic carbocycles. The number of rotatable bonds is 7. The molecule has 1 saturated heterocycles. The van der Waals surface area contributed by atoms with E-state index in [-0.39, 0.29) is 10.5 Å². The van der Waals surface area contributed by atoms with Gasteiger partial charge in [-0.2, -0.15) is 4.31 Å². The molecule has 0 aromatic heterocycles. The van der Waals surface area contributed by atoms with E-state index >= 15 is 0 Å². The van der Waals surface area contributed by atoms with Crippen LogP contribution in [0.15, 0.2) is 23.1 Å². The van der Waals surface area contributed by atoms with Gasteiger partial charge in [0.25, 0.3) is 5.91 Å². The third-order valence-electron chi connectivity index (χ3n) is 3.67. The number of hydrogen-bond donors (Lipinski definition) is 1. The number of nitrogens with zero attached hydrogens (tertiary/aromatic N) is 1. The molecule has 2 N–H and O–H groups in total. The van der Waals surface area contributed by atoms with Crippen LogP contribution in [0.25, 0.3) is 0 Å². The largest absolute Gasteiger partial charge is 0.493 e. The monoisotopic (exact) mass is 326 g/mol. The summed E-state index contributed by atoms with van der Waals surface area (Å²) in [6.45, 7) is 3.53. The lowest BCUT2D eigenvalue weighted by molar-refractivity contribution is 0.0996. The molecule has 0 aliphatic carbocycles. The molecule has 1 aliphatic rings. The molecule has 0 radical (unpaired) electrons. The van der Waals surface area contributed by atoms with Gasteiger partial charge in [-0.05, 0) is 37.5 Å². The standard InChI is InChI=1S/C15H22N2O4S/c1-2-3-10-21-14-7-6-12(11-13(14)15(16)18)22(19,20)17-8-4-5-9-17/h6-7,11H,2-5,8-10H2,1H3,(H2,16,18). The van der Waals surface area contributed by atoms with Crippen molar-refractivity contribution >= 4 is 15.9 Å². The molecule has 1 heterocycles. The van der Waals surface area contributed by atoms with Crippen LogP contribution in [0.2, 0.25) is 0 Å². The van der Waals surface area contributed by atoms with Gasteiger partial charge in [0.15, 0.2) is 0 Å². The number of unbranched alkanes of at least 4 members (excludes halogenated alkanes) is 1. The Morgan fingerprint density at radius 2 is 2.00 bits per heavy atom. The zero-order chi connectivity index (χ0) is 16.2. The highest BCUT2D eigenvalue weighted by Crippen LogP contribution is 2.26. The first-order valence-corrected chi connectivity index (χ1v) is 8.97. The molecule has 1 aliphatic heterocycles. The molecule has 0 saturated carbocycles. The number of sulfonamides is 1. The molecule has 0 unspecified atom stereocenters. The summed E-state index contributed by atoms with van der Waals surface area (Å²) >= 11 is 0. The van der Waals surface area contributed by atoms with Crippen LogP contribution in [-0.4, -0.2) is 38.3 Å². The minimum Gasteiger partial charge on any atom is -0.493 e. The zero-order valence-electron chi connectivity index (χ0n) is 12.7. The minimum atomic E-state index is -3.57. The fourth-order valence-corrected chi connectivity index (χ4v) is 3.94. The predicted octanol–water partition coefficient (Wildman–Crippen LogP) is 1.75. The molecule has 0 spiro atoms. The maximum absolute atomic E-state index is 12.5. The van der Waals surface area contributed by atoms with Crippen LogP contribution < -0.4 is 10.5 Å². The van der Waals surface area contributed by atoms with Crippen LogP contribution >= 0.6 is 0 Å². The fourth-order valence-electron chi connectivity index (χ4n) is 2.39. The van der Waals surface area contributed by atoms with E-state index < -0.39 is 15.9 Å². The van der Waals surface area contributed by atoms with E-state index in [1.807, 2.05) is 6.92 Å². The normalized spacial score (nSPS) is 15.9. The molecule has 22 heavy (non-hydrogen) atoms. The third-order valence-corrected chi connectivity index (χ3v) is 5.57. The van der Waals surface area contributed by atoms with Crippen molar-refractivity contribution in [3.05, 3.63) is 23.8 Å². The van der Waals surface area contributed by atoms with Gasteiger partial charge in [-0.3, -0.25) is 4.79 Å². The SMILES string of the molecule is CCCCOc1ccc(S(=O)(=O)N2CCCC2)cc1C(N)=O. The van der Waals surface area contributed by atoms with Crippen LogP contribution in [-0.2, 0) is 10.0 Å². The number of ether oxygens (including phenoxy) is 1. The van der Waals surface area contributed by atoms with Crippen molar-refractivity contribution in [2.24, 2.45) is 5.73 Å². The van der Waals surface area contributed by atoms with Gasteiger partial charge < -0.3 is 10.5 Å². The van der Waals surface area contributed by atoms with E-state index in [1.165, 1.54) is 22.5 Å². The minimum absolute atomic E-state index is 0.0889. The molecular formula is C15H22N2O4S. The Bertz CT molecular complexity index is 637. The Kier molecular flexibility index (Phi) is 5.42.